The van der Waals surface area contributed by atoms with Crippen LogP contribution in [0, 0.1) is 0 Å². The molecule has 4 rings (SSSR count). The molecule has 0 bridgehead atoms. The molecule has 0 aromatic heterocycles. The highest BCUT2D eigenvalue weighted by molar-refractivity contribution is 5.85. The lowest BCUT2D eigenvalue weighted by Crippen LogP contribution is -2.43. The third-order valence-corrected chi connectivity index (χ3v) is 5.23. The lowest BCUT2D eigenvalue weighted by Gasteiger charge is -2.32. The number of hydrogen-bond acceptors (Lipinski definition) is 4. The predicted molar refractivity (Wildman–Crippen MR) is 121 cm³/mol. The largest absolute Gasteiger partial charge is 0.490 e. The summed E-state index contributed by atoms with van der Waals surface area (Å²) in [4.78, 5) is 0. The van der Waals surface area contributed by atoms with Crippen LogP contribution in [0.2, 0.25) is 0 Å². The first-order valence-corrected chi connectivity index (χ1v) is 10.1. The second-order valence-corrected chi connectivity index (χ2v) is 7.99. The molecule has 4 N–H and O–H groups in total. The first-order chi connectivity index (χ1) is 14.9. The molecule has 192 valence electrons. The molecule has 4 nitrogen and oxygen atoms in total. The summed E-state index contributed by atoms with van der Waals surface area (Å²) in [7, 11) is 0. The Bertz CT molecular complexity index is 793. The van der Waals surface area contributed by atoms with Crippen LogP contribution in [0.4, 0.5) is 26.3 Å². The fourth-order valence-corrected chi connectivity index (χ4v) is 3.23. The van der Waals surface area contributed by atoms with Crippen LogP contribution in [-0.4, -0.2) is 24.3 Å². The van der Waals surface area contributed by atoms with Crippen LogP contribution in [0.1, 0.15) is 36.8 Å². The third-order valence-electron chi connectivity index (χ3n) is 5.23. The minimum Gasteiger partial charge on any atom is -0.490 e. The number of nitrogens with two attached hydrogens (primary N) is 2. The summed E-state index contributed by atoms with van der Waals surface area (Å²) < 4.78 is 84.4. The number of hydrogen-bond donors (Lipinski definition) is 2. The second-order valence-electron chi connectivity index (χ2n) is 7.99. The van der Waals surface area contributed by atoms with Crippen LogP contribution >= 0.6 is 24.8 Å². The highest BCUT2D eigenvalue weighted by Crippen LogP contribution is 2.32. The van der Waals surface area contributed by atoms with Crippen molar-refractivity contribution in [2.45, 2.75) is 62.3 Å². The second kappa shape index (κ2) is 12.2. The van der Waals surface area contributed by atoms with Gasteiger partial charge in [-0.3, -0.25) is 0 Å². The van der Waals surface area contributed by atoms with Gasteiger partial charge in [0.15, 0.2) is 0 Å². The van der Waals surface area contributed by atoms with Crippen molar-refractivity contribution < 1.29 is 35.8 Å². The normalized spacial score (nSPS) is 23.5. The van der Waals surface area contributed by atoms with Crippen LogP contribution < -0.4 is 20.9 Å². The van der Waals surface area contributed by atoms with E-state index in [1.807, 2.05) is 0 Å². The Morgan fingerprint density at radius 1 is 0.559 bits per heavy atom. The lowest BCUT2D eigenvalue weighted by molar-refractivity contribution is -0.138. The van der Waals surface area contributed by atoms with E-state index in [0.717, 1.165) is 49.9 Å². The zero-order valence-corrected chi connectivity index (χ0v) is 19.4. The minimum absolute atomic E-state index is 0. The highest BCUT2D eigenvalue weighted by Gasteiger charge is 2.32. The van der Waals surface area contributed by atoms with Crippen molar-refractivity contribution in [3.8, 4) is 11.5 Å². The Morgan fingerprint density at radius 3 is 1.03 bits per heavy atom. The Balaban J connectivity index is 0.000000321. The molecule has 0 saturated heterocycles. The topological polar surface area (TPSA) is 70.5 Å². The number of ether oxygens (including phenoxy) is 2. The van der Waals surface area contributed by atoms with Gasteiger partial charge in [0.25, 0.3) is 0 Å². The van der Waals surface area contributed by atoms with Gasteiger partial charge in [-0.2, -0.15) is 26.3 Å². The van der Waals surface area contributed by atoms with Gasteiger partial charge in [-0.25, -0.2) is 0 Å². The molecule has 0 atom stereocenters. The quantitative estimate of drug-likeness (QED) is 0.472. The molecule has 2 saturated carbocycles. The molecular weight excluding hydrogens is 509 g/mol. The van der Waals surface area contributed by atoms with Gasteiger partial charge in [-0.05, 0) is 74.2 Å². The molecule has 2 aromatic carbocycles. The summed E-state index contributed by atoms with van der Waals surface area (Å²) in [5, 5.41) is 0. The summed E-state index contributed by atoms with van der Waals surface area (Å²) in [6.07, 6.45) is -5.43. The number of rotatable bonds is 4. The first kappa shape index (κ1) is 30.2. The molecule has 12 heteroatoms. The zero-order valence-electron chi connectivity index (χ0n) is 17.8. The Kier molecular flexibility index (Phi) is 10.8. The Morgan fingerprint density at radius 2 is 0.824 bits per heavy atom. The van der Waals surface area contributed by atoms with Gasteiger partial charge in [-0.1, -0.05) is 0 Å². The molecule has 0 unspecified atom stereocenters. The minimum atomic E-state index is -4.29. The van der Waals surface area contributed by atoms with Gasteiger partial charge in [0.05, 0.1) is 11.1 Å². The smallest absolute Gasteiger partial charge is 0.416 e. The van der Waals surface area contributed by atoms with Crippen LogP contribution in [-0.2, 0) is 12.4 Å². The molecule has 0 aliphatic heterocycles. The van der Waals surface area contributed by atoms with Gasteiger partial charge >= 0.3 is 12.4 Å². The van der Waals surface area contributed by atoms with Crippen molar-refractivity contribution in [2.75, 3.05) is 0 Å². The van der Waals surface area contributed by atoms with E-state index in [-0.39, 0.29) is 49.1 Å². The molecule has 2 aliphatic rings. The van der Waals surface area contributed by atoms with Crippen molar-refractivity contribution >= 4 is 24.8 Å². The van der Waals surface area contributed by atoms with Crippen molar-refractivity contribution in [1.82, 2.24) is 0 Å². The SMILES string of the molecule is Cl.Cl.NC1CC(Oc2ccc(C(F)(F)F)cc2)C1.NC1CC(Oc2ccc(C(F)(F)F)cc2)C1. The van der Waals surface area contributed by atoms with E-state index in [0.29, 0.717) is 11.5 Å². The number of benzene rings is 2. The Hall–Kier alpha value is -1.88. The van der Waals surface area contributed by atoms with E-state index < -0.39 is 23.5 Å². The van der Waals surface area contributed by atoms with Crippen LogP contribution in [0.3, 0.4) is 0 Å². The van der Waals surface area contributed by atoms with Crippen LogP contribution in [0.15, 0.2) is 48.5 Å². The molecule has 0 spiro atoms. The fourth-order valence-electron chi connectivity index (χ4n) is 3.23. The zero-order chi connectivity index (χ0) is 23.5. The van der Waals surface area contributed by atoms with E-state index in [2.05, 4.69) is 0 Å². The standard InChI is InChI=1S/2C11H12F3NO.2ClH/c2*12-11(13,14)7-1-3-9(4-2-7)16-10-5-8(15)6-10;;/h2*1-4,8,10H,5-6,15H2;2*1H. The van der Waals surface area contributed by atoms with Gasteiger partial charge in [0.1, 0.15) is 23.7 Å². The molecule has 2 fully saturated rings. The molecule has 0 radical (unpaired) electrons. The summed E-state index contributed by atoms with van der Waals surface area (Å²) in [6.45, 7) is 0. The van der Waals surface area contributed by atoms with Gasteiger partial charge < -0.3 is 20.9 Å². The summed E-state index contributed by atoms with van der Waals surface area (Å²) >= 11 is 0. The maximum atomic E-state index is 12.3. The average Bonchev–Trinajstić information content (AvgIpc) is 2.66. The van der Waals surface area contributed by atoms with E-state index in [1.54, 1.807) is 0 Å². The van der Waals surface area contributed by atoms with Crippen molar-refractivity contribution in [2.24, 2.45) is 11.5 Å². The van der Waals surface area contributed by atoms with Gasteiger partial charge in [0, 0.05) is 12.1 Å². The summed E-state index contributed by atoms with van der Waals surface area (Å²) in [5.74, 6) is 0.926. The van der Waals surface area contributed by atoms with E-state index >= 15 is 0 Å². The van der Waals surface area contributed by atoms with Crippen LogP contribution in [0.5, 0.6) is 11.5 Å². The number of alkyl halides is 6. The third kappa shape index (κ3) is 8.72. The number of halogens is 8. The van der Waals surface area contributed by atoms with E-state index in [1.165, 1.54) is 24.3 Å². The van der Waals surface area contributed by atoms with Crippen molar-refractivity contribution in [3.05, 3.63) is 59.7 Å². The summed E-state index contributed by atoms with van der Waals surface area (Å²) in [5.41, 5.74) is 9.83. The molecule has 2 aromatic rings. The molecule has 0 amide bonds. The monoisotopic (exact) mass is 534 g/mol. The van der Waals surface area contributed by atoms with E-state index in [4.69, 9.17) is 20.9 Å². The maximum Gasteiger partial charge on any atom is 0.416 e. The average molecular weight is 535 g/mol. The van der Waals surface area contributed by atoms with Crippen LogP contribution in [0.25, 0.3) is 0 Å². The molecule has 2 aliphatic carbocycles. The first-order valence-electron chi connectivity index (χ1n) is 10.1. The van der Waals surface area contributed by atoms with Crippen molar-refractivity contribution in [3.63, 3.8) is 0 Å². The maximum absolute atomic E-state index is 12.3. The van der Waals surface area contributed by atoms with E-state index in [9.17, 15) is 26.3 Å². The lowest BCUT2D eigenvalue weighted by atomic mass is 9.90. The molecule has 34 heavy (non-hydrogen) atoms. The Labute approximate surface area is 205 Å². The van der Waals surface area contributed by atoms with Crippen molar-refractivity contribution in [1.29, 1.82) is 0 Å². The fraction of sp³-hybridized carbons (Fsp3) is 0.455. The highest BCUT2D eigenvalue weighted by atomic mass is 35.5. The van der Waals surface area contributed by atoms with Gasteiger partial charge in [0.2, 0.25) is 0 Å². The van der Waals surface area contributed by atoms with Gasteiger partial charge in [-0.15, -0.1) is 24.8 Å². The molecular formula is C22H26Cl2F6N2O2. The molecule has 0 heterocycles. The predicted octanol–water partition coefficient (Wildman–Crippen LogP) is 5.99. The summed E-state index contributed by atoms with van der Waals surface area (Å²) in [6, 6.07) is 9.78.